The van der Waals surface area contributed by atoms with Crippen LogP contribution in [-0.4, -0.2) is 96.7 Å². The van der Waals surface area contributed by atoms with E-state index in [1.165, 1.54) is 205 Å². The molecule has 0 spiro atoms. The summed E-state index contributed by atoms with van der Waals surface area (Å²) in [5, 5.41) is 10.6. The first-order valence-electron chi connectivity index (χ1n) is 40.4. The van der Waals surface area contributed by atoms with E-state index < -0.39 is 97.5 Å². The number of unbranched alkanes of at least 4 members (excludes halogenated alkanes) is 43. The molecule has 19 heteroatoms. The van der Waals surface area contributed by atoms with Gasteiger partial charge in [0, 0.05) is 25.7 Å². The first-order valence-corrected chi connectivity index (χ1v) is 43.4. The van der Waals surface area contributed by atoms with Crippen molar-refractivity contribution in [2.75, 3.05) is 39.6 Å². The lowest BCUT2D eigenvalue weighted by atomic mass is 10.00. The molecule has 576 valence electrons. The lowest BCUT2D eigenvalue weighted by Crippen LogP contribution is -2.30. The van der Waals surface area contributed by atoms with Gasteiger partial charge in [0.05, 0.1) is 26.4 Å². The SMILES string of the molecule is CCCCCCCCCCCCCCCCCCC(=O)OC[C@H](COP(=O)(O)OC[C@@H](O)COP(=O)(O)OC[C@@H](COC(=O)CCCCCCCCC(C)CC)OC(=O)CCCCCCCCCCCCCC(C)C)OC(=O)CCCCCCCCCCCCCCCCC(C)C. The van der Waals surface area contributed by atoms with E-state index in [-0.39, 0.29) is 25.7 Å². The Morgan fingerprint density at radius 1 is 0.299 bits per heavy atom. The van der Waals surface area contributed by atoms with Crippen molar-refractivity contribution >= 4 is 39.5 Å². The van der Waals surface area contributed by atoms with E-state index in [4.69, 9.17) is 37.0 Å². The van der Waals surface area contributed by atoms with Gasteiger partial charge in [0.2, 0.25) is 0 Å². The highest BCUT2D eigenvalue weighted by Gasteiger charge is 2.30. The summed E-state index contributed by atoms with van der Waals surface area (Å²) in [4.78, 5) is 72.9. The number of carbonyl (C=O) groups excluding carboxylic acids is 4. The number of esters is 4. The van der Waals surface area contributed by atoms with Crippen LogP contribution in [-0.2, 0) is 65.4 Å². The van der Waals surface area contributed by atoms with Gasteiger partial charge in [-0.2, -0.15) is 0 Å². The molecule has 0 aromatic rings. The Balaban J connectivity index is 5.26. The summed E-state index contributed by atoms with van der Waals surface area (Å²) < 4.78 is 68.6. The van der Waals surface area contributed by atoms with E-state index >= 15 is 0 Å². The number of ether oxygens (including phenoxy) is 4. The number of hydrogen-bond donors (Lipinski definition) is 3. The number of phosphoric acid groups is 2. The van der Waals surface area contributed by atoms with Crippen LogP contribution in [0.25, 0.3) is 0 Å². The van der Waals surface area contributed by atoms with E-state index in [2.05, 4.69) is 48.5 Å². The first-order chi connectivity index (χ1) is 46.8. The quantitative estimate of drug-likeness (QED) is 0.0222. The van der Waals surface area contributed by atoms with E-state index in [1.54, 1.807) is 0 Å². The summed E-state index contributed by atoms with van der Waals surface area (Å²) in [7, 11) is -9.92. The largest absolute Gasteiger partial charge is 0.472 e. The molecule has 0 saturated heterocycles. The van der Waals surface area contributed by atoms with Crippen molar-refractivity contribution in [2.24, 2.45) is 17.8 Å². The van der Waals surface area contributed by atoms with Crippen molar-refractivity contribution in [3.63, 3.8) is 0 Å². The second-order valence-corrected chi connectivity index (χ2v) is 32.2. The summed E-state index contributed by atoms with van der Waals surface area (Å²) in [6, 6.07) is 0. The summed E-state index contributed by atoms with van der Waals surface area (Å²) in [6.45, 7) is 11.9. The molecule has 0 saturated carbocycles. The molecule has 0 aliphatic carbocycles. The third-order valence-corrected chi connectivity index (χ3v) is 20.4. The molecule has 0 amide bonds. The molecule has 0 heterocycles. The van der Waals surface area contributed by atoms with Gasteiger partial charge in [-0.15, -0.1) is 0 Å². The Bertz CT molecular complexity index is 1890. The molecule has 0 rings (SSSR count). The molecule has 0 bridgehead atoms. The average Bonchev–Trinajstić information content (AvgIpc) is 1.05. The van der Waals surface area contributed by atoms with Crippen molar-refractivity contribution in [3.05, 3.63) is 0 Å². The minimum Gasteiger partial charge on any atom is -0.462 e. The zero-order valence-corrected chi connectivity index (χ0v) is 65.3. The first kappa shape index (κ1) is 95.1. The smallest absolute Gasteiger partial charge is 0.462 e. The highest BCUT2D eigenvalue weighted by Crippen LogP contribution is 2.45. The second-order valence-electron chi connectivity index (χ2n) is 29.3. The average molecular weight is 1420 g/mol. The Labute approximate surface area is 594 Å². The van der Waals surface area contributed by atoms with Crippen molar-refractivity contribution in [1.29, 1.82) is 0 Å². The summed E-state index contributed by atoms with van der Waals surface area (Å²) in [5.74, 6) is 0.176. The number of phosphoric ester groups is 2. The minimum absolute atomic E-state index is 0.105. The predicted octanol–water partition coefficient (Wildman–Crippen LogP) is 23.0. The van der Waals surface area contributed by atoms with Crippen LogP contribution >= 0.6 is 15.6 Å². The van der Waals surface area contributed by atoms with Crippen molar-refractivity contribution < 1.29 is 80.2 Å². The fourth-order valence-corrected chi connectivity index (χ4v) is 13.5. The summed E-state index contributed by atoms with van der Waals surface area (Å²) in [6.07, 6.45) is 55.5. The molecule has 0 aliphatic rings. The van der Waals surface area contributed by atoms with Crippen LogP contribution in [0, 0.1) is 17.8 Å². The summed E-state index contributed by atoms with van der Waals surface area (Å²) >= 11 is 0. The number of carbonyl (C=O) groups is 4. The topological polar surface area (TPSA) is 237 Å². The molecule has 6 atom stereocenters. The van der Waals surface area contributed by atoms with Gasteiger partial charge in [-0.3, -0.25) is 37.3 Å². The number of aliphatic hydroxyl groups excluding tert-OH is 1. The van der Waals surface area contributed by atoms with E-state index in [0.717, 1.165) is 114 Å². The third-order valence-electron chi connectivity index (χ3n) is 18.5. The van der Waals surface area contributed by atoms with Gasteiger partial charge in [0.25, 0.3) is 0 Å². The van der Waals surface area contributed by atoms with Gasteiger partial charge in [0.1, 0.15) is 19.3 Å². The second kappa shape index (κ2) is 68.5. The van der Waals surface area contributed by atoms with E-state index in [1.807, 2.05) is 0 Å². The van der Waals surface area contributed by atoms with Crippen molar-refractivity contribution in [3.8, 4) is 0 Å². The fraction of sp³-hybridized carbons (Fsp3) is 0.949. The van der Waals surface area contributed by atoms with Crippen molar-refractivity contribution in [2.45, 2.75) is 420 Å². The Hall–Kier alpha value is -1.94. The molecule has 17 nitrogen and oxygen atoms in total. The van der Waals surface area contributed by atoms with Crippen molar-refractivity contribution in [1.82, 2.24) is 0 Å². The van der Waals surface area contributed by atoms with Gasteiger partial charge in [-0.1, -0.05) is 350 Å². The highest BCUT2D eigenvalue weighted by molar-refractivity contribution is 7.47. The van der Waals surface area contributed by atoms with Gasteiger partial charge < -0.3 is 33.8 Å². The van der Waals surface area contributed by atoms with Gasteiger partial charge in [0.15, 0.2) is 12.2 Å². The van der Waals surface area contributed by atoms with Crippen LogP contribution in [0.4, 0.5) is 0 Å². The maximum absolute atomic E-state index is 13.1. The molecule has 0 aromatic heterocycles. The molecule has 0 fully saturated rings. The van der Waals surface area contributed by atoms with Crippen LogP contribution in [0.5, 0.6) is 0 Å². The maximum Gasteiger partial charge on any atom is 0.472 e. The Morgan fingerprint density at radius 3 is 0.784 bits per heavy atom. The number of hydrogen-bond acceptors (Lipinski definition) is 15. The lowest BCUT2D eigenvalue weighted by Gasteiger charge is -2.21. The van der Waals surface area contributed by atoms with E-state index in [9.17, 15) is 43.2 Å². The van der Waals surface area contributed by atoms with Crippen LogP contribution in [0.1, 0.15) is 402 Å². The van der Waals surface area contributed by atoms with Gasteiger partial charge >= 0.3 is 39.5 Å². The molecule has 3 unspecified atom stereocenters. The maximum atomic E-state index is 13.1. The molecular formula is C78H152O17P2. The zero-order chi connectivity index (χ0) is 71.6. The molecule has 97 heavy (non-hydrogen) atoms. The third kappa shape index (κ3) is 70.9. The standard InChI is InChI=1S/C78H152O17P2/c1-8-10-11-12-13-14-15-16-17-18-22-27-32-37-45-52-59-75(80)88-65-73(94-77(82)61-54-47-38-33-28-23-20-19-21-25-30-35-42-49-56-69(3)4)67-92-96(84,85)90-63-72(79)64-91-97(86,87)93-68-74(66-89-76(81)60-53-46-41-40-44-51-58-71(7)9-2)95-78(83)62-55-48-39-34-29-24-26-31-36-43-50-57-70(5)6/h69-74,79H,8-68H2,1-7H3,(H,84,85)(H,86,87)/t71?,72-,73-,74-/m1/s1. The van der Waals surface area contributed by atoms with Crippen LogP contribution in [0.15, 0.2) is 0 Å². The Kier molecular flexibility index (Phi) is 67.1. The number of rotatable bonds is 76. The normalized spacial score (nSPS) is 14.3. The molecule has 3 N–H and O–H groups in total. The van der Waals surface area contributed by atoms with Crippen LogP contribution < -0.4 is 0 Å². The van der Waals surface area contributed by atoms with E-state index in [0.29, 0.717) is 25.7 Å². The Morgan fingerprint density at radius 2 is 0.526 bits per heavy atom. The monoisotopic (exact) mass is 1420 g/mol. The number of aliphatic hydroxyl groups is 1. The molecule has 0 radical (unpaired) electrons. The van der Waals surface area contributed by atoms with Crippen LogP contribution in [0.2, 0.25) is 0 Å². The fourth-order valence-electron chi connectivity index (χ4n) is 11.9. The predicted molar refractivity (Wildman–Crippen MR) is 395 cm³/mol. The lowest BCUT2D eigenvalue weighted by molar-refractivity contribution is -0.161. The highest BCUT2D eigenvalue weighted by atomic mass is 31.2. The van der Waals surface area contributed by atoms with Gasteiger partial charge in [-0.25, -0.2) is 9.13 Å². The summed E-state index contributed by atoms with van der Waals surface area (Å²) in [5.41, 5.74) is 0. The minimum atomic E-state index is -4.96. The van der Waals surface area contributed by atoms with Crippen LogP contribution in [0.3, 0.4) is 0 Å². The molecule has 0 aromatic carbocycles. The molecule has 0 aliphatic heterocycles. The van der Waals surface area contributed by atoms with Gasteiger partial charge in [-0.05, 0) is 43.4 Å². The zero-order valence-electron chi connectivity index (χ0n) is 63.5. The molecular weight excluding hydrogens is 1270 g/mol.